The Hall–Kier alpha value is -2.83. The monoisotopic (exact) mass is 377 g/mol. The molecule has 6 heteroatoms. The standard InChI is InChI=1S/C22H27N5O/c1-16-9-11-17(12-10-16)19-13-26(15-21(19)25(2)3)22(28)20-14-27(24-23-20)18-7-5-4-6-8-18/h4-12,14,19,21,23-24H,13,15H2,1-3H3/t19-,21+/m0/s1. The first-order valence-corrected chi connectivity index (χ1v) is 9.63. The second-order valence-corrected chi connectivity index (χ2v) is 7.74. The Morgan fingerprint density at radius 3 is 2.43 bits per heavy atom. The highest BCUT2D eigenvalue weighted by molar-refractivity contribution is 5.94. The topological polar surface area (TPSA) is 50.9 Å². The molecule has 2 aromatic carbocycles. The number of benzene rings is 2. The number of amides is 1. The van der Waals surface area contributed by atoms with Gasteiger partial charge in [-0.15, -0.1) is 5.53 Å². The lowest BCUT2D eigenvalue weighted by Gasteiger charge is -2.25. The molecule has 0 bridgehead atoms. The van der Waals surface area contributed by atoms with Gasteiger partial charge in [-0.2, -0.15) is 0 Å². The Labute approximate surface area is 166 Å². The molecule has 0 aliphatic carbocycles. The number of aryl methyl sites for hydroxylation is 1. The quantitative estimate of drug-likeness (QED) is 0.856. The first-order valence-electron chi connectivity index (χ1n) is 9.63. The molecule has 1 saturated heterocycles. The van der Waals surface area contributed by atoms with Gasteiger partial charge in [0.25, 0.3) is 5.91 Å². The summed E-state index contributed by atoms with van der Waals surface area (Å²) in [6.07, 6.45) is 1.82. The van der Waals surface area contributed by atoms with Gasteiger partial charge in [0.05, 0.1) is 11.9 Å². The van der Waals surface area contributed by atoms with Gasteiger partial charge in [-0.05, 0) is 38.7 Å². The minimum absolute atomic E-state index is 0.0207. The average Bonchev–Trinajstić information content (AvgIpc) is 3.37. The first kappa shape index (κ1) is 18.5. The zero-order valence-electron chi connectivity index (χ0n) is 16.6. The Morgan fingerprint density at radius 1 is 1.04 bits per heavy atom. The summed E-state index contributed by atoms with van der Waals surface area (Å²) < 4.78 is 0. The summed E-state index contributed by atoms with van der Waals surface area (Å²) >= 11 is 0. The van der Waals surface area contributed by atoms with E-state index in [1.54, 1.807) is 0 Å². The van der Waals surface area contributed by atoms with Crippen LogP contribution >= 0.6 is 0 Å². The molecule has 146 valence electrons. The molecule has 2 aromatic rings. The van der Waals surface area contributed by atoms with Crippen LogP contribution in [0.2, 0.25) is 0 Å². The Kier molecular flexibility index (Phi) is 5.07. The van der Waals surface area contributed by atoms with E-state index in [0.717, 1.165) is 12.2 Å². The Morgan fingerprint density at radius 2 is 1.75 bits per heavy atom. The molecule has 6 nitrogen and oxygen atoms in total. The van der Waals surface area contributed by atoms with E-state index in [-0.39, 0.29) is 5.91 Å². The number of rotatable bonds is 4. The van der Waals surface area contributed by atoms with Crippen LogP contribution in [0.5, 0.6) is 0 Å². The van der Waals surface area contributed by atoms with E-state index in [4.69, 9.17) is 0 Å². The summed E-state index contributed by atoms with van der Waals surface area (Å²) in [5.74, 6) is 0.326. The van der Waals surface area contributed by atoms with Crippen molar-refractivity contribution in [1.29, 1.82) is 0 Å². The molecule has 0 radical (unpaired) electrons. The van der Waals surface area contributed by atoms with Gasteiger partial charge in [0.1, 0.15) is 5.70 Å². The van der Waals surface area contributed by atoms with Gasteiger partial charge in [-0.25, -0.2) is 0 Å². The number of hydrogen-bond donors (Lipinski definition) is 2. The second-order valence-electron chi connectivity index (χ2n) is 7.74. The van der Waals surface area contributed by atoms with Crippen LogP contribution in [0.1, 0.15) is 17.0 Å². The van der Waals surface area contributed by atoms with Gasteiger partial charge in [0.15, 0.2) is 0 Å². The molecule has 2 aliphatic rings. The Bertz CT molecular complexity index is 862. The molecule has 4 rings (SSSR count). The van der Waals surface area contributed by atoms with Crippen molar-refractivity contribution in [3.05, 3.63) is 77.6 Å². The number of nitrogens with one attached hydrogen (secondary N) is 2. The normalized spacial score (nSPS) is 21.8. The molecule has 2 atom stereocenters. The fourth-order valence-electron chi connectivity index (χ4n) is 3.94. The predicted molar refractivity (Wildman–Crippen MR) is 111 cm³/mol. The number of nitrogens with zero attached hydrogens (tertiary/aromatic N) is 3. The van der Waals surface area contributed by atoms with Crippen LogP contribution in [-0.4, -0.2) is 48.9 Å². The highest BCUT2D eigenvalue weighted by Gasteiger charge is 2.38. The van der Waals surface area contributed by atoms with Crippen molar-refractivity contribution >= 4 is 11.6 Å². The lowest BCUT2D eigenvalue weighted by molar-refractivity contribution is -0.126. The highest BCUT2D eigenvalue weighted by Crippen LogP contribution is 2.31. The highest BCUT2D eigenvalue weighted by atomic mass is 16.2. The van der Waals surface area contributed by atoms with E-state index in [2.05, 4.69) is 61.1 Å². The number of hydrazine groups is 2. The molecule has 2 aliphatic heterocycles. The van der Waals surface area contributed by atoms with Crippen LogP contribution in [0.25, 0.3) is 0 Å². The summed E-state index contributed by atoms with van der Waals surface area (Å²) in [5, 5.41) is 1.82. The summed E-state index contributed by atoms with van der Waals surface area (Å²) in [7, 11) is 4.18. The largest absolute Gasteiger partial charge is 0.335 e. The van der Waals surface area contributed by atoms with Crippen LogP contribution in [0.15, 0.2) is 66.5 Å². The van der Waals surface area contributed by atoms with Crippen molar-refractivity contribution in [1.82, 2.24) is 20.8 Å². The fraction of sp³-hybridized carbons (Fsp3) is 0.318. The van der Waals surface area contributed by atoms with E-state index < -0.39 is 0 Å². The number of carbonyl (C=O) groups excluding carboxylic acids is 1. The van der Waals surface area contributed by atoms with Crippen molar-refractivity contribution in [3.63, 3.8) is 0 Å². The molecule has 1 amide bonds. The molecular formula is C22H27N5O. The van der Waals surface area contributed by atoms with Gasteiger partial charge in [0.2, 0.25) is 0 Å². The van der Waals surface area contributed by atoms with Crippen LogP contribution in [-0.2, 0) is 4.79 Å². The van der Waals surface area contributed by atoms with Crippen LogP contribution in [0, 0.1) is 6.92 Å². The van der Waals surface area contributed by atoms with E-state index in [1.807, 2.05) is 46.4 Å². The lowest BCUT2D eigenvalue weighted by atomic mass is 9.93. The maximum absolute atomic E-state index is 13.1. The van der Waals surface area contributed by atoms with Crippen molar-refractivity contribution in [2.75, 3.05) is 32.2 Å². The van der Waals surface area contributed by atoms with E-state index in [1.165, 1.54) is 11.1 Å². The summed E-state index contributed by atoms with van der Waals surface area (Å²) in [6.45, 7) is 3.53. The smallest absolute Gasteiger partial charge is 0.272 e. The molecule has 0 unspecified atom stereocenters. The average molecular weight is 377 g/mol. The summed E-state index contributed by atoms with van der Waals surface area (Å²) in [4.78, 5) is 17.3. The molecular weight excluding hydrogens is 350 g/mol. The van der Waals surface area contributed by atoms with Gasteiger partial charge in [-0.3, -0.25) is 15.2 Å². The summed E-state index contributed by atoms with van der Waals surface area (Å²) in [5.41, 5.74) is 10.1. The third kappa shape index (κ3) is 3.61. The molecule has 28 heavy (non-hydrogen) atoms. The van der Waals surface area contributed by atoms with E-state index >= 15 is 0 Å². The van der Waals surface area contributed by atoms with Gasteiger partial charge in [0, 0.05) is 25.0 Å². The van der Waals surface area contributed by atoms with Crippen LogP contribution in [0.3, 0.4) is 0 Å². The zero-order valence-corrected chi connectivity index (χ0v) is 16.6. The molecule has 0 saturated carbocycles. The van der Waals surface area contributed by atoms with E-state index in [0.29, 0.717) is 24.2 Å². The second kappa shape index (κ2) is 7.66. The predicted octanol–water partition coefficient (Wildman–Crippen LogP) is 2.22. The van der Waals surface area contributed by atoms with Gasteiger partial charge >= 0.3 is 0 Å². The molecule has 0 aromatic heterocycles. The first-order chi connectivity index (χ1) is 13.5. The van der Waals surface area contributed by atoms with Crippen LogP contribution < -0.4 is 16.0 Å². The van der Waals surface area contributed by atoms with E-state index in [9.17, 15) is 4.79 Å². The Balaban J connectivity index is 1.51. The number of likely N-dealkylation sites (N-methyl/N-ethyl adjacent to an activating group) is 1. The number of anilines is 1. The SMILES string of the molecule is Cc1ccc([C@@H]2CN(C(=O)C3=CN(c4ccccc4)NN3)C[C@H]2N(C)C)cc1. The number of carbonyl (C=O) groups is 1. The minimum Gasteiger partial charge on any atom is -0.335 e. The fourth-order valence-corrected chi connectivity index (χ4v) is 3.94. The minimum atomic E-state index is 0.0207. The molecule has 2 N–H and O–H groups in total. The zero-order chi connectivity index (χ0) is 19.7. The summed E-state index contributed by atoms with van der Waals surface area (Å²) in [6, 6.07) is 18.9. The lowest BCUT2D eigenvalue weighted by Crippen LogP contribution is -2.41. The molecule has 2 heterocycles. The van der Waals surface area contributed by atoms with Crippen molar-refractivity contribution in [3.8, 4) is 0 Å². The van der Waals surface area contributed by atoms with Gasteiger partial charge < -0.3 is 9.80 Å². The van der Waals surface area contributed by atoms with Crippen molar-refractivity contribution < 1.29 is 4.79 Å². The number of hydrogen-bond acceptors (Lipinski definition) is 5. The number of para-hydroxylation sites is 1. The maximum atomic E-state index is 13.1. The molecule has 0 spiro atoms. The third-order valence-electron chi connectivity index (χ3n) is 5.58. The van der Waals surface area contributed by atoms with Crippen LogP contribution in [0.4, 0.5) is 5.69 Å². The maximum Gasteiger partial charge on any atom is 0.272 e. The van der Waals surface area contributed by atoms with Gasteiger partial charge in [-0.1, -0.05) is 48.0 Å². The third-order valence-corrected chi connectivity index (χ3v) is 5.58. The molecule has 1 fully saturated rings. The number of likely N-dealkylation sites (tertiary alicyclic amines) is 1. The van der Waals surface area contributed by atoms with Crippen molar-refractivity contribution in [2.45, 2.75) is 18.9 Å². The van der Waals surface area contributed by atoms with Crippen molar-refractivity contribution in [2.24, 2.45) is 0 Å².